The second kappa shape index (κ2) is 5.65. The molecule has 1 heterocycles. The van der Waals surface area contributed by atoms with Gasteiger partial charge >= 0.3 is 0 Å². The molecule has 4 nitrogen and oxygen atoms in total. The summed E-state index contributed by atoms with van der Waals surface area (Å²) >= 11 is 1.29. The lowest BCUT2D eigenvalue weighted by Crippen LogP contribution is -2.34. The molecule has 0 spiro atoms. The summed E-state index contributed by atoms with van der Waals surface area (Å²) in [6.45, 7) is 3.77. The molecule has 1 N–H and O–H groups in total. The Morgan fingerprint density at radius 1 is 1.23 bits per heavy atom. The first kappa shape index (κ1) is 14.9. The van der Waals surface area contributed by atoms with Crippen LogP contribution >= 0.6 is 11.3 Å². The Hall–Kier alpha value is -2.01. The zero-order valence-corrected chi connectivity index (χ0v) is 13.5. The minimum atomic E-state index is -0.655. The topological polar surface area (TPSA) is 59.1 Å². The van der Waals surface area contributed by atoms with Crippen molar-refractivity contribution in [3.63, 3.8) is 0 Å². The van der Waals surface area contributed by atoms with Crippen molar-refractivity contribution >= 4 is 28.2 Å². The van der Waals surface area contributed by atoms with E-state index in [-0.39, 0.29) is 11.7 Å². The molecular formula is C17H18N2O2S. The monoisotopic (exact) mass is 314 g/mol. The fourth-order valence-electron chi connectivity index (χ4n) is 2.56. The van der Waals surface area contributed by atoms with E-state index in [1.165, 1.54) is 11.3 Å². The van der Waals surface area contributed by atoms with Gasteiger partial charge in [0.25, 0.3) is 0 Å². The Morgan fingerprint density at radius 2 is 1.95 bits per heavy atom. The van der Waals surface area contributed by atoms with E-state index in [0.717, 1.165) is 24.1 Å². The lowest BCUT2D eigenvalue weighted by atomic mass is 9.84. The van der Waals surface area contributed by atoms with Gasteiger partial charge in [-0.1, -0.05) is 41.7 Å². The molecule has 0 aliphatic heterocycles. The standard InChI is InChI=1S/C17H18N2O2S/c1-17(2,11-7-4-3-5-8-11)15(21)19-16-18-12-9-6-10-13(20)14(12)22-16/h3-5,7-8H,6,9-10H2,1-2H3,(H,18,19,21). The summed E-state index contributed by atoms with van der Waals surface area (Å²) < 4.78 is 0. The number of nitrogens with zero attached hydrogens (tertiary/aromatic N) is 1. The molecule has 0 unspecified atom stereocenters. The number of rotatable bonds is 3. The van der Waals surface area contributed by atoms with Gasteiger partial charge in [-0.3, -0.25) is 9.59 Å². The van der Waals surface area contributed by atoms with E-state index in [0.29, 0.717) is 16.4 Å². The van der Waals surface area contributed by atoms with E-state index >= 15 is 0 Å². The van der Waals surface area contributed by atoms with Crippen LogP contribution in [-0.4, -0.2) is 16.7 Å². The van der Waals surface area contributed by atoms with Gasteiger partial charge in [-0.15, -0.1) is 0 Å². The number of nitrogens with one attached hydrogen (secondary N) is 1. The summed E-state index contributed by atoms with van der Waals surface area (Å²) in [5, 5.41) is 3.40. The van der Waals surface area contributed by atoms with Crippen molar-refractivity contribution in [2.45, 2.75) is 38.5 Å². The lowest BCUT2D eigenvalue weighted by Gasteiger charge is -2.23. The number of Topliss-reactive ketones (excluding diaryl/α,β-unsaturated/α-hetero) is 1. The third-order valence-electron chi connectivity index (χ3n) is 4.05. The number of ketones is 1. The van der Waals surface area contributed by atoms with Gasteiger partial charge in [-0.25, -0.2) is 4.98 Å². The van der Waals surface area contributed by atoms with E-state index in [4.69, 9.17) is 0 Å². The molecule has 0 saturated carbocycles. The average molecular weight is 314 g/mol. The van der Waals surface area contributed by atoms with Crippen LogP contribution < -0.4 is 5.32 Å². The molecule has 1 aromatic heterocycles. The van der Waals surface area contributed by atoms with Gasteiger partial charge in [0.2, 0.25) is 5.91 Å². The van der Waals surface area contributed by atoms with Gasteiger partial charge in [0, 0.05) is 6.42 Å². The Balaban J connectivity index is 1.81. The van der Waals surface area contributed by atoms with Gasteiger partial charge in [0.1, 0.15) is 0 Å². The third-order valence-corrected chi connectivity index (χ3v) is 5.11. The molecule has 0 bridgehead atoms. The zero-order valence-electron chi connectivity index (χ0n) is 12.7. The number of carbonyl (C=O) groups is 2. The van der Waals surface area contributed by atoms with Gasteiger partial charge < -0.3 is 5.32 Å². The minimum Gasteiger partial charge on any atom is -0.301 e. The highest BCUT2D eigenvalue weighted by Gasteiger charge is 2.31. The SMILES string of the molecule is CC(C)(C(=O)Nc1nc2c(s1)C(=O)CCC2)c1ccccc1. The van der Waals surface area contributed by atoms with Crippen LogP contribution in [0.25, 0.3) is 0 Å². The normalized spacial score (nSPS) is 14.5. The molecule has 3 rings (SSSR count). The molecule has 0 radical (unpaired) electrons. The highest BCUT2D eigenvalue weighted by molar-refractivity contribution is 7.17. The van der Waals surface area contributed by atoms with Crippen molar-refractivity contribution in [1.82, 2.24) is 4.98 Å². The van der Waals surface area contributed by atoms with Crippen LogP contribution in [-0.2, 0) is 16.6 Å². The van der Waals surface area contributed by atoms with Crippen molar-refractivity contribution in [3.8, 4) is 0 Å². The van der Waals surface area contributed by atoms with E-state index in [1.807, 2.05) is 44.2 Å². The predicted octanol–water partition coefficient (Wildman–Crippen LogP) is 3.58. The molecule has 1 aliphatic carbocycles. The molecule has 0 saturated heterocycles. The summed E-state index contributed by atoms with van der Waals surface area (Å²) in [6, 6.07) is 9.65. The molecule has 1 aliphatic rings. The maximum Gasteiger partial charge on any atom is 0.236 e. The number of amides is 1. The quantitative estimate of drug-likeness (QED) is 0.942. The predicted molar refractivity (Wildman–Crippen MR) is 87.5 cm³/mol. The zero-order chi connectivity index (χ0) is 15.7. The van der Waals surface area contributed by atoms with Gasteiger partial charge in [-0.05, 0) is 32.3 Å². The largest absolute Gasteiger partial charge is 0.301 e. The van der Waals surface area contributed by atoms with E-state index in [9.17, 15) is 9.59 Å². The second-order valence-corrected chi connectivity index (χ2v) is 7.02. The lowest BCUT2D eigenvalue weighted by molar-refractivity contribution is -0.120. The Kier molecular flexibility index (Phi) is 3.83. The molecule has 2 aromatic rings. The summed E-state index contributed by atoms with van der Waals surface area (Å²) in [5.41, 5.74) is 1.12. The van der Waals surface area contributed by atoms with Crippen LogP contribution in [0.5, 0.6) is 0 Å². The molecule has 0 fully saturated rings. The average Bonchev–Trinajstić information content (AvgIpc) is 2.92. The van der Waals surface area contributed by atoms with Crippen molar-refractivity contribution < 1.29 is 9.59 Å². The smallest absolute Gasteiger partial charge is 0.236 e. The fourth-order valence-corrected chi connectivity index (χ4v) is 3.54. The van der Waals surface area contributed by atoms with E-state index in [1.54, 1.807) is 0 Å². The van der Waals surface area contributed by atoms with E-state index in [2.05, 4.69) is 10.3 Å². The van der Waals surface area contributed by atoms with Crippen LogP contribution in [0.1, 0.15) is 47.6 Å². The number of hydrogen-bond donors (Lipinski definition) is 1. The van der Waals surface area contributed by atoms with Crippen LogP contribution in [0.15, 0.2) is 30.3 Å². The number of anilines is 1. The third kappa shape index (κ3) is 2.68. The van der Waals surface area contributed by atoms with E-state index < -0.39 is 5.41 Å². The van der Waals surface area contributed by atoms with Crippen LogP contribution in [0.3, 0.4) is 0 Å². The molecule has 22 heavy (non-hydrogen) atoms. The van der Waals surface area contributed by atoms with Gasteiger partial charge in [0.05, 0.1) is 16.0 Å². The second-order valence-electron chi connectivity index (χ2n) is 6.02. The maximum atomic E-state index is 12.6. The molecule has 5 heteroatoms. The molecule has 1 aromatic carbocycles. The van der Waals surface area contributed by atoms with Gasteiger partial charge in [0.15, 0.2) is 10.9 Å². The van der Waals surface area contributed by atoms with Gasteiger partial charge in [-0.2, -0.15) is 0 Å². The molecular weight excluding hydrogens is 296 g/mol. The summed E-state index contributed by atoms with van der Waals surface area (Å²) in [4.78, 5) is 29.6. The van der Waals surface area contributed by atoms with Crippen molar-refractivity contribution in [1.29, 1.82) is 0 Å². The number of carbonyl (C=O) groups excluding carboxylic acids is 2. The number of fused-ring (bicyclic) bond motifs is 1. The first-order valence-corrected chi connectivity index (χ1v) is 8.20. The Morgan fingerprint density at radius 3 is 2.64 bits per heavy atom. The first-order chi connectivity index (χ1) is 10.5. The van der Waals surface area contributed by atoms with Crippen molar-refractivity contribution in [2.75, 3.05) is 5.32 Å². The number of aryl methyl sites for hydroxylation is 1. The number of benzene rings is 1. The summed E-state index contributed by atoms with van der Waals surface area (Å²) in [7, 11) is 0. The molecule has 114 valence electrons. The molecule has 1 amide bonds. The Bertz CT molecular complexity index is 720. The highest BCUT2D eigenvalue weighted by atomic mass is 32.1. The Labute approximate surface area is 133 Å². The summed E-state index contributed by atoms with van der Waals surface area (Å²) in [5.74, 6) is 0.0267. The highest BCUT2D eigenvalue weighted by Crippen LogP contribution is 2.31. The number of hydrogen-bond acceptors (Lipinski definition) is 4. The maximum absolute atomic E-state index is 12.6. The fraction of sp³-hybridized carbons (Fsp3) is 0.353. The summed E-state index contributed by atoms with van der Waals surface area (Å²) in [6.07, 6.45) is 2.24. The molecule has 0 atom stereocenters. The van der Waals surface area contributed by atoms with Crippen LogP contribution in [0.2, 0.25) is 0 Å². The van der Waals surface area contributed by atoms with Crippen molar-refractivity contribution in [2.24, 2.45) is 0 Å². The van der Waals surface area contributed by atoms with Crippen LogP contribution in [0.4, 0.5) is 5.13 Å². The number of aromatic nitrogens is 1. The van der Waals surface area contributed by atoms with Crippen LogP contribution in [0, 0.1) is 0 Å². The first-order valence-electron chi connectivity index (χ1n) is 7.38. The number of thiazole rings is 1. The minimum absolute atomic E-state index is 0.114. The van der Waals surface area contributed by atoms with Crippen molar-refractivity contribution in [3.05, 3.63) is 46.5 Å².